The molecule has 0 unspecified atom stereocenters. The fourth-order valence-electron chi connectivity index (χ4n) is 4.37. The molecule has 1 aliphatic heterocycles. The van der Waals surface area contributed by atoms with Gasteiger partial charge >= 0.3 is 0 Å². The van der Waals surface area contributed by atoms with Crippen molar-refractivity contribution in [2.24, 2.45) is 0 Å². The highest BCUT2D eigenvalue weighted by Crippen LogP contribution is 2.35. The van der Waals surface area contributed by atoms with Crippen LogP contribution in [0, 0.1) is 0 Å². The van der Waals surface area contributed by atoms with Gasteiger partial charge in [-0.25, -0.2) is 0 Å². The van der Waals surface area contributed by atoms with Crippen LogP contribution in [0.25, 0.3) is 10.9 Å². The zero-order valence-electron chi connectivity index (χ0n) is 21.8. The molecule has 0 bridgehead atoms. The van der Waals surface area contributed by atoms with E-state index in [-0.39, 0.29) is 24.0 Å². The van der Waals surface area contributed by atoms with Crippen molar-refractivity contribution in [1.29, 1.82) is 0 Å². The Kier molecular flexibility index (Phi) is 7.53. The third-order valence-corrected chi connectivity index (χ3v) is 6.69. The predicted molar refractivity (Wildman–Crippen MR) is 149 cm³/mol. The standard InChI is InChI=1S/C29H32ClN5O3/c1-29(2,3)35-18-20(17-33-35)34-28(36)15-19-4-7-27(24(30)14-19)38-26-10-13-32-25-6-5-22(16-23(25)26)37-21-8-11-31-12-9-21/h4-7,10,13-14,16-18,21,31H,8-9,11-12,15H2,1-3H3,(H,34,36). The number of amides is 1. The summed E-state index contributed by atoms with van der Waals surface area (Å²) in [6.07, 6.45) is 7.52. The summed E-state index contributed by atoms with van der Waals surface area (Å²) in [6, 6.07) is 13.0. The van der Waals surface area contributed by atoms with E-state index in [4.69, 9.17) is 21.1 Å². The minimum atomic E-state index is -0.159. The minimum absolute atomic E-state index is 0.149. The van der Waals surface area contributed by atoms with Gasteiger partial charge in [-0.05, 0) is 88.7 Å². The average Bonchev–Trinajstić information content (AvgIpc) is 3.36. The van der Waals surface area contributed by atoms with Gasteiger partial charge in [-0.2, -0.15) is 5.10 Å². The summed E-state index contributed by atoms with van der Waals surface area (Å²) in [7, 11) is 0. The number of rotatable bonds is 7. The Morgan fingerprint density at radius 2 is 1.95 bits per heavy atom. The Labute approximate surface area is 227 Å². The van der Waals surface area contributed by atoms with Crippen LogP contribution in [0.1, 0.15) is 39.2 Å². The highest BCUT2D eigenvalue weighted by molar-refractivity contribution is 6.32. The smallest absolute Gasteiger partial charge is 0.228 e. The number of piperidine rings is 1. The molecule has 1 fully saturated rings. The van der Waals surface area contributed by atoms with Gasteiger partial charge < -0.3 is 20.1 Å². The number of hydrogen-bond acceptors (Lipinski definition) is 6. The zero-order valence-corrected chi connectivity index (χ0v) is 22.6. The van der Waals surface area contributed by atoms with Crippen LogP contribution in [0.15, 0.2) is 61.1 Å². The summed E-state index contributed by atoms with van der Waals surface area (Å²) in [5, 5.41) is 11.8. The molecule has 2 aromatic heterocycles. The summed E-state index contributed by atoms with van der Waals surface area (Å²) >= 11 is 6.57. The lowest BCUT2D eigenvalue weighted by Gasteiger charge is -2.24. The average molecular weight is 534 g/mol. The van der Waals surface area contributed by atoms with E-state index >= 15 is 0 Å². The molecule has 2 aromatic carbocycles. The third-order valence-electron chi connectivity index (χ3n) is 6.40. The maximum atomic E-state index is 12.6. The van der Waals surface area contributed by atoms with Crippen molar-refractivity contribution in [3.05, 3.63) is 71.6 Å². The van der Waals surface area contributed by atoms with E-state index in [0.29, 0.717) is 22.2 Å². The molecule has 198 valence electrons. The summed E-state index contributed by atoms with van der Waals surface area (Å²) in [6.45, 7) is 8.08. The van der Waals surface area contributed by atoms with Crippen LogP contribution < -0.4 is 20.1 Å². The summed E-state index contributed by atoms with van der Waals surface area (Å²) in [4.78, 5) is 17.1. The number of carbonyl (C=O) groups is 1. The fraction of sp³-hybridized carbons (Fsp3) is 0.345. The molecule has 2 N–H and O–H groups in total. The number of ether oxygens (including phenoxy) is 2. The number of pyridine rings is 1. The van der Waals surface area contributed by atoms with Crippen LogP contribution in [-0.2, 0) is 16.8 Å². The van der Waals surface area contributed by atoms with Crippen LogP contribution in [-0.4, -0.2) is 39.9 Å². The zero-order chi connectivity index (χ0) is 26.7. The first-order valence-electron chi connectivity index (χ1n) is 12.8. The molecule has 9 heteroatoms. The summed E-state index contributed by atoms with van der Waals surface area (Å²) in [5.41, 5.74) is 2.08. The van der Waals surface area contributed by atoms with Gasteiger partial charge in [0.25, 0.3) is 0 Å². The number of aromatic nitrogens is 3. The SMILES string of the molecule is CC(C)(C)n1cc(NC(=O)Cc2ccc(Oc3ccnc4ccc(OC5CCNCC5)cc34)c(Cl)c2)cn1. The topological polar surface area (TPSA) is 90.3 Å². The van der Waals surface area contributed by atoms with Gasteiger partial charge in [0.1, 0.15) is 23.4 Å². The van der Waals surface area contributed by atoms with E-state index in [9.17, 15) is 4.79 Å². The van der Waals surface area contributed by atoms with Gasteiger partial charge in [0.2, 0.25) is 5.91 Å². The molecule has 8 nitrogen and oxygen atoms in total. The molecule has 4 aromatic rings. The monoisotopic (exact) mass is 533 g/mol. The second-order valence-electron chi connectivity index (χ2n) is 10.5. The number of carbonyl (C=O) groups excluding carboxylic acids is 1. The van der Waals surface area contributed by atoms with Crippen molar-refractivity contribution >= 4 is 34.1 Å². The van der Waals surface area contributed by atoms with Crippen LogP contribution in [0.2, 0.25) is 5.02 Å². The van der Waals surface area contributed by atoms with Gasteiger partial charge in [-0.3, -0.25) is 14.5 Å². The fourth-order valence-corrected chi connectivity index (χ4v) is 4.61. The molecular formula is C29H32ClN5O3. The second-order valence-corrected chi connectivity index (χ2v) is 10.9. The molecule has 0 atom stereocenters. The van der Waals surface area contributed by atoms with E-state index in [2.05, 4.69) is 20.7 Å². The second kappa shape index (κ2) is 11.0. The number of halogens is 1. The summed E-state index contributed by atoms with van der Waals surface area (Å²) in [5.74, 6) is 1.78. The Balaban J connectivity index is 1.27. The maximum Gasteiger partial charge on any atom is 0.228 e. The van der Waals surface area contributed by atoms with Crippen LogP contribution in [0.3, 0.4) is 0 Å². The van der Waals surface area contributed by atoms with Crippen LogP contribution in [0.4, 0.5) is 5.69 Å². The Morgan fingerprint density at radius 3 is 2.68 bits per heavy atom. The van der Waals surface area contributed by atoms with Crippen molar-refractivity contribution < 1.29 is 14.3 Å². The number of nitrogens with one attached hydrogen (secondary N) is 2. The van der Waals surface area contributed by atoms with Crippen molar-refractivity contribution in [2.45, 2.75) is 51.7 Å². The van der Waals surface area contributed by atoms with Gasteiger partial charge in [0, 0.05) is 17.8 Å². The highest BCUT2D eigenvalue weighted by Gasteiger charge is 2.17. The number of hydrogen-bond donors (Lipinski definition) is 2. The largest absolute Gasteiger partial charge is 0.490 e. The van der Waals surface area contributed by atoms with Crippen molar-refractivity contribution in [3.8, 4) is 17.2 Å². The molecule has 1 amide bonds. The molecule has 3 heterocycles. The molecule has 1 saturated heterocycles. The molecule has 0 saturated carbocycles. The Hall–Kier alpha value is -3.62. The van der Waals surface area contributed by atoms with Crippen LogP contribution >= 0.6 is 11.6 Å². The number of fused-ring (bicyclic) bond motifs is 1. The van der Waals surface area contributed by atoms with Crippen molar-refractivity contribution in [2.75, 3.05) is 18.4 Å². The van der Waals surface area contributed by atoms with Crippen molar-refractivity contribution in [1.82, 2.24) is 20.1 Å². The van der Waals surface area contributed by atoms with E-state index in [1.54, 1.807) is 24.5 Å². The van der Waals surface area contributed by atoms with Crippen molar-refractivity contribution in [3.63, 3.8) is 0 Å². The highest BCUT2D eigenvalue weighted by atomic mass is 35.5. The van der Waals surface area contributed by atoms with E-state index in [1.165, 1.54) is 0 Å². The number of anilines is 1. The molecule has 0 radical (unpaired) electrons. The van der Waals surface area contributed by atoms with E-state index in [0.717, 1.165) is 48.1 Å². The molecule has 38 heavy (non-hydrogen) atoms. The predicted octanol–water partition coefficient (Wildman–Crippen LogP) is 5.94. The first-order valence-corrected chi connectivity index (χ1v) is 13.2. The normalized spacial score (nSPS) is 14.4. The van der Waals surface area contributed by atoms with Crippen LogP contribution in [0.5, 0.6) is 17.2 Å². The lowest BCUT2D eigenvalue weighted by molar-refractivity contribution is -0.115. The summed E-state index contributed by atoms with van der Waals surface area (Å²) < 4.78 is 14.2. The van der Waals surface area contributed by atoms with Gasteiger partial charge in [0.15, 0.2) is 0 Å². The molecule has 0 aliphatic carbocycles. The Bertz CT molecular complexity index is 1440. The van der Waals surface area contributed by atoms with Gasteiger partial charge in [-0.1, -0.05) is 17.7 Å². The maximum absolute atomic E-state index is 12.6. The number of nitrogens with zero attached hydrogens (tertiary/aromatic N) is 3. The minimum Gasteiger partial charge on any atom is -0.490 e. The molecule has 0 spiro atoms. The Morgan fingerprint density at radius 1 is 1.13 bits per heavy atom. The third kappa shape index (κ3) is 6.26. The van der Waals surface area contributed by atoms with Gasteiger partial charge in [-0.15, -0.1) is 0 Å². The first kappa shape index (κ1) is 26.0. The van der Waals surface area contributed by atoms with Gasteiger partial charge in [0.05, 0.1) is 34.4 Å². The quantitative estimate of drug-likeness (QED) is 0.305. The lowest BCUT2D eigenvalue weighted by atomic mass is 10.1. The molecule has 1 aliphatic rings. The van der Waals surface area contributed by atoms with E-state index < -0.39 is 0 Å². The first-order chi connectivity index (χ1) is 18.2. The molecular weight excluding hydrogens is 502 g/mol. The number of benzene rings is 2. The lowest BCUT2D eigenvalue weighted by Crippen LogP contribution is -2.34. The van der Waals surface area contributed by atoms with E-state index in [1.807, 2.05) is 62.0 Å². The molecule has 5 rings (SSSR count).